The number of hydrogen-bond donors (Lipinski definition) is 0. The summed E-state index contributed by atoms with van der Waals surface area (Å²) in [4.78, 5) is 12.6. The van der Waals surface area contributed by atoms with Crippen LogP contribution in [-0.2, 0) is 11.0 Å². The van der Waals surface area contributed by atoms with E-state index in [1.165, 1.54) is 70.6 Å². The summed E-state index contributed by atoms with van der Waals surface area (Å²) in [7, 11) is 0. The smallest absolute Gasteiger partial charge is 0.419 e. The Morgan fingerprint density at radius 2 is 1.43 bits per heavy atom. The number of carbonyl (C=O) groups excluding carboxylic acids is 1. The molecule has 3 saturated carbocycles. The van der Waals surface area contributed by atoms with Gasteiger partial charge in [-0.3, -0.25) is 4.79 Å². The first kappa shape index (κ1) is 28.4. The van der Waals surface area contributed by atoms with Crippen LogP contribution in [0.15, 0.2) is 12.1 Å². The first-order chi connectivity index (χ1) is 17.7. The zero-order valence-electron chi connectivity index (χ0n) is 21.9. The van der Waals surface area contributed by atoms with Crippen LogP contribution in [0.5, 0.6) is 5.75 Å². The third-order valence-electron chi connectivity index (χ3n) is 9.56. The molecular formula is C30H41F5O2. The SMILES string of the molecule is CCCCCCC1CCC2CC(C3CCC(C(=O)Oc4ccc(C(F)(F)F)c(F)c4F)CC3)CCC2C1. The first-order valence-electron chi connectivity index (χ1n) is 14.4. The largest absolute Gasteiger partial charge is 0.423 e. The summed E-state index contributed by atoms with van der Waals surface area (Å²) < 4.78 is 71.3. The zero-order chi connectivity index (χ0) is 26.6. The summed E-state index contributed by atoms with van der Waals surface area (Å²) in [6, 6.07) is 1.09. The number of fused-ring (bicyclic) bond motifs is 1. The van der Waals surface area contributed by atoms with Crippen LogP contribution < -0.4 is 4.74 Å². The van der Waals surface area contributed by atoms with Gasteiger partial charge in [0, 0.05) is 0 Å². The first-order valence-corrected chi connectivity index (χ1v) is 14.4. The molecule has 3 fully saturated rings. The number of esters is 1. The van der Waals surface area contributed by atoms with Gasteiger partial charge in [0.05, 0.1) is 11.5 Å². The number of rotatable bonds is 8. The highest BCUT2D eigenvalue weighted by Crippen LogP contribution is 2.50. The predicted molar refractivity (Wildman–Crippen MR) is 133 cm³/mol. The van der Waals surface area contributed by atoms with Crippen molar-refractivity contribution >= 4 is 5.97 Å². The third kappa shape index (κ3) is 7.06. The predicted octanol–water partition coefficient (Wildman–Crippen LogP) is 9.50. The van der Waals surface area contributed by atoms with Crippen molar-refractivity contribution in [2.75, 3.05) is 0 Å². The summed E-state index contributed by atoms with van der Waals surface area (Å²) in [6.45, 7) is 2.26. The van der Waals surface area contributed by atoms with E-state index in [2.05, 4.69) is 6.92 Å². The third-order valence-corrected chi connectivity index (χ3v) is 9.56. The molecule has 7 heteroatoms. The lowest BCUT2D eigenvalue weighted by Gasteiger charge is -2.45. The minimum Gasteiger partial charge on any atom is -0.423 e. The van der Waals surface area contributed by atoms with Crippen LogP contribution in [0.3, 0.4) is 0 Å². The van der Waals surface area contributed by atoms with Gasteiger partial charge >= 0.3 is 12.1 Å². The summed E-state index contributed by atoms with van der Waals surface area (Å²) in [5.74, 6) is -1.80. The minimum absolute atomic E-state index is 0.411. The fourth-order valence-electron chi connectivity index (χ4n) is 7.42. The van der Waals surface area contributed by atoms with Gasteiger partial charge in [0.1, 0.15) is 0 Å². The second-order valence-corrected chi connectivity index (χ2v) is 11.9. The maximum atomic E-state index is 14.1. The highest BCUT2D eigenvalue weighted by molar-refractivity contribution is 5.75. The molecule has 3 aliphatic carbocycles. The highest BCUT2D eigenvalue weighted by Gasteiger charge is 2.40. The Bertz CT molecular complexity index is 906. The minimum atomic E-state index is -5.02. The van der Waals surface area contributed by atoms with Crippen molar-refractivity contribution < 1.29 is 31.5 Å². The average Bonchev–Trinajstić information content (AvgIpc) is 2.88. The molecule has 0 amide bonds. The van der Waals surface area contributed by atoms with E-state index in [0.29, 0.717) is 36.8 Å². The molecule has 0 aromatic heterocycles. The van der Waals surface area contributed by atoms with Gasteiger partial charge in [-0.05, 0) is 99.5 Å². The second-order valence-electron chi connectivity index (χ2n) is 11.9. The van der Waals surface area contributed by atoms with Gasteiger partial charge < -0.3 is 4.74 Å². The van der Waals surface area contributed by atoms with Crippen LogP contribution in [0, 0.1) is 47.1 Å². The van der Waals surface area contributed by atoms with Crippen LogP contribution in [-0.4, -0.2) is 5.97 Å². The summed E-state index contributed by atoms with van der Waals surface area (Å²) >= 11 is 0. The number of hydrogen-bond acceptors (Lipinski definition) is 2. The van der Waals surface area contributed by atoms with Crippen molar-refractivity contribution in [1.29, 1.82) is 0 Å². The van der Waals surface area contributed by atoms with E-state index < -0.39 is 41.0 Å². The molecule has 208 valence electrons. The number of unbranched alkanes of at least 4 members (excludes halogenated alkanes) is 3. The van der Waals surface area contributed by atoms with Crippen LogP contribution >= 0.6 is 0 Å². The van der Waals surface area contributed by atoms with Crippen LogP contribution in [0.25, 0.3) is 0 Å². The van der Waals surface area contributed by atoms with Crippen molar-refractivity contribution in [1.82, 2.24) is 0 Å². The van der Waals surface area contributed by atoms with Gasteiger partial charge in [0.25, 0.3) is 0 Å². The Kier molecular flexibility index (Phi) is 9.55. The molecule has 1 aromatic carbocycles. The summed E-state index contributed by atoms with van der Waals surface area (Å²) in [5.41, 5.74) is -1.71. The molecule has 0 heterocycles. The van der Waals surface area contributed by atoms with Crippen LogP contribution in [0.2, 0.25) is 0 Å². The number of alkyl halides is 3. The lowest BCUT2D eigenvalue weighted by molar-refractivity contribution is -0.141. The maximum Gasteiger partial charge on any atom is 0.419 e. The fourth-order valence-corrected chi connectivity index (χ4v) is 7.42. The lowest BCUT2D eigenvalue weighted by Crippen LogP contribution is -2.35. The molecule has 0 saturated heterocycles. The summed E-state index contributed by atoms with van der Waals surface area (Å²) in [6.07, 6.45) is 12.9. The van der Waals surface area contributed by atoms with Gasteiger partial charge in [0.15, 0.2) is 11.6 Å². The molecule has 4 rings (SSSR count). The van der Waals surface area contributed by atoms with E-state index in [-0.39, 0.29) is 0 Å². The van der Waals surface area contributed by atoms with Gasteiger partial charge in [-0.25, -0.2) is 4.39 Å². The zero-order valence-corrected chi connectivity index (χ0v) is 21.9. The quantitative estimate of drug-likeness (QED) is 0.145. The van der Waals surface area contributed by atoms with Gasteiger partial charge in [-0.1, -0.05) is 45.4 Å². The van der Waals surface area contributed by atoms with Crippen molar-refractivity contribution in [3.63, 3.8) is 0 Å². The van der Waals surface area contributed by atoms with E-state index in [0.717, 1.165) is 30.6 Å². The Morgan fingerprint density at radius 1 is 0.811 bits per heavy atom. The van der Waals surface area contributed by atoms with E-state index in [4.69, 9.17) is 4.74 Å². The van der Waals surface area contributed by atoms with Gasteiger partial charge in [-0.2, -0.15) is 17.6 Å². The number of ether oxygens (including phenoxy) is 1. The standard InChI is InChI=1S/C30H41F5O2/c1-2-3-4-5-6-19-7-8-24-18-23(14-13-22(24)17-19)20-9-11-21(12-10-20)29(36)37-26-16-15-25(30(33,34)35)27(31)28(26)32/h15-16,19-24H,2-14,17-18H2,1H3. The molecule has 0 bridgehead atoms. The number of benzene rings is 1. The Hall–Kier alpha value is -1.66. The molecule has 0 spiro atoms. The van der Waals surface area contributed by atoms with Crippen molar-refractivity contribution in [2.24, 2.45) is 35.5 Å². The maximum absolute atomic E-state index is 14.1. The second kappa shape index (κ2) is 12.5. The lowest BCUT2D eigenvalue weighted by atomic mass is 9.60. The number of carbonyl (C=O) groups is 1. The number of halogens is 5. The van der Waals surface area contributed by atoms with E-state index in [1.807, 2.05) is 0 Å². The Balaban J connectivity index is 1.22. The van der Waals surface area contributed by atoms with E-state index >= 15 is 0 Å². The molecule has 2 nitrogen and oxygen atoms in total. The summed E-state index contributed by atoms with van der Waals surface area (Å²) in [5, 5.41) is 0. The molecule has 0 N–H and O–H groups in total. The Morgan fingerprint density at radius 3 is 2.11 bits per heavy atom. The van der Waals surface area contributed by atoms with Crippen molar-refractivity contribution in [3.8, 4) is 5.75 Å². The van der Waals surface area contributed by atoms with Crippen LogP contribution in [0.4, 0.5) is 22.0 Å². The molecule has 0 aliphatic heterocycles. The molecule has 4 unspecified atom stereocenters. The van der Waals surface area contributed by atoms with Gasteiger partial charge in [-0.15, -0.1) is 0 Å². The topological polar surface area (TPSA) is 26.3 Å². The molecular weight excluding hydrogens is 487 g/mol. The van der Waals surface area contributed by atoms with E-state index in [9.17, 15) is 26.7 Å². The molecule has 3 aliphatic rings. The molecule has 37 heavy (non-hydrogen) atoms. The van der Waals surface area contributed by atoms with Gasteiger partial charge in [0.2, 0.25) is 5.82 Å². The fraction of sp³-hybridized carbons (Fsp3) is 0.767. The molecule has 0 radical (unpaired) electrons. The van der Waals surface area contributed by atoms with Crippen LogP contribution in [0.1, 0.15) is 109 Å². The molecule has 1 aromatic rings. The average molecular weight is 529 g/mol. The molecule has 4 atom stereocenters. The highest BCUT2D eigenvalue weighted by atomic mass is 19.4. The van der Waals surface area contributed by atoms with Crippen molar-refractivity contribution in [3.05, 3.63) is 29.3 Å². The van der Waals surface area contributed by atoms with Crippen molar-refractivity contribution in [2.45, 2.75) is 109 Å². The van der Waals surface area contributed by atoms with E-state index in [1.54, 1.807) is 0 Å². The Labute approximate surface area is 217 Å². The normalized spacial score (nSPS) is 30.5. The monoisotopic (exact) mass is 528 g/mol.